The normalized spacial score (nSPS) is 10.2. The number of rotatable bonds is 4. The molecule has 2 rings (SSSR count). The van der Waals surface area contributed by atoms with E-state index >= 15 is 0 Å². The summed E-state index contributed by atoms with van der Waals surface area (Å²) in [6, 6.07) is 10.5. The molecule has 0 saturated heterocycles. The fourth-order valence-corrected chi connectivity index (χ4v) is 2.51. The Morgan fingerprint density at radius 2 is 1.71 bits per heavy atom. The Bertz CT molecular complexity index is 680. The van der Waals surface area contributed by atoms with Gasteiger partial charge < -0.3 is 4.74 Å². The molecule has 0 N–H and O–H groups in total. The van der Waals surface area contributed by atoms with E-state index in [0.717, 1.165) is 0 Å². The highest BCUT2D eigenvalue weighted by Gasteiger charge is 2.16. The fraction of sp³-hybridized carbons (Fsp3) is 0.125. The van der Waals surface area contributed by atoms with Crippen molar-refractivity contribution in [2.45, 2.75) is 5.33 Å². The van der Waals surface area contributed by atoms with Crippen LogP contribution in [0.25, 0.3) is 0 Å². The average Bonchev–Trinajstić information content (AvgIpc) is 2.53. The van der Waals surface area contributed by atoms with Gasteiger partial charge in [0.15, 0.2) is 5.78 Å². The molecule has 0 bridgehead atoms. The van der Waals surface area contributed by atoms with Gasteiger partial charge >= 0.3 is 5.97 Å². The second-order valence-electron chi connectivity index (χ2n) is 4.30. The lowest BCUT2D eigenvalue weighted by Gasteiger charge is -2.08. The average molecular weight is 351 g/mol. The van der Waals surface area contributed by atoms with Gasteiger partial charge in [0.1, 0.15) is 5.82 Å². The maximum atomic E-state index is 13.7. The van der Waals surface area contributed by atoms with Gasteiger partial charge in [-0.2, -0.15) is 0 Å². The molecule has 3 nitrogen and oxygen atoms in total. The van der Waals surface area contributed by atoms with Crippen molar-refractivity contribution in [2.24, 2.45) is 0 Å². The van der Waals surface area contributed by atoms with E-state index in [0.29, 0.717) is 22.3 Å². The lowest BCUT2D eigenvalue weighted by Crippen LogP contribution is -2.07. The number of esters is 1. The SMILES string of the molecule is COC(=O)c1ccc(C(=O)c2cccc(F)c2CBr)cc1. The Morgan fingerprint density at radius 3 is 2.29 bits per heavy atom. The Morgan fingerprint density at radius 1 is 1.10 bits per heavy atom. The van der Waals surface area contributed by atoms with Gasteiger partial charge in [-0.05, 0) is 18.2 Å². The predicted octanol–water partition coefficient (Wildman–Crippen LogP) is 3.74. The summed E-state index contributed by atoms with van der Waals surface area (Å²) in [6.07, 6.45) is 0. The molecule has 0 spiro atoms. The molecule has 0 radical (unpaired) electrons. The van der Waals surface area contributed by atoms with Gasteiger partial charge in [0.05, 0.1) is 12.7 Å². The quantitative estimate of drug-likeness (QED) is 0.479. The lowest BCUT2D eigenvalue weighted by atomic mass is 9.98. The molecule has 0 fully saturated rings. The molecule has 0 saturated carbocycles. The summed E-state index contributed by atoms with van der Waals surface area (Å²) >= 11 is 3.19. The van der Waals surface area contributed by atoms with Crippen LogP contribution in [0.5, 0.6) is 0 Å². The van der Waals surface area contributed by atoms with Gasteiger partial charge in [-0.15, -0.1) is 0 Å². The molecule has 0 heterocycles. The minimum absolute atomic E-state index is 0.251. The number of carbonyl (C=O) groups excluding carboxylic acids is 2. The van der Waals surface area contributed by atoms with Crippen molar-refractivity contribution in [3.63, 3.8) is 0 Å². The molecule has 0 aliphatic rings. The number of carbonyl (C=O) groups is 2. The lowest BCUT2D eigenvalue weighted by molar-refractivity contribution is 0.0600. The predicted molar refractivity (Wildman–Crippen MR) is 80.2 cm³/mol. The summed E-state index contributed by atoms with van der Waals surface area (Å²) in [4.78, 5) is 23.8. The number of ether oxygens (including phenoxy) is 1. The minimum atomic E-state index is -0.471. The Kier molecular flexibility index (Phi) is 4.85. The molecule has 0 aliphatic carbocycles. The summed E-state index contributed by atoms with van der Waals surface area (Å²) in [5, 5.41) is 0.251. The summed E-state index contributed by atoms with van der Waals surface area (Å²) in [5.74, 6) is -1.19. The van der Waals surface area contributed by atoms with Gasteiger partial charge in [-0.1, -0.05) is 40.2 Å². The van der Waals surface area contributed by atoms with Gasteiger partial charge in [0.2, 0.25) is 0 Å². The summed E-state index contributed by atoms with van der Waals surface area (Å²) < 4.78 is 18.3. The van der Waals surface area contributed by atoms with Crippen molar-refractivity contribution in [2.75, 3.05) is 7.11 Å². The molecule has 21 heavy (non-hydrogen) atoms. The van der Waals surface area contributed by atoms with Crippen LogP contribution < -0.4 is 0 Å². The molecule has 0 unspecified atom stereocenters. The van der Waals surface area contributed by atoms with Gasteiger partial charge in [0, 0.05) is 22.0 Å². The van der Waals surface area contributed by atoms with E-state index in [4.69, 9.17) is 0 Å². The van der Waals surface area contributed by atoms with Crippen LogP contribution in [0, 0.1) is 5.82 Å². The summed E-state index contributed by atoms with van der Waals surface area (Å²) in [5.41, 5.74) is 1.36. The number of hydrogen-bond donors (Lipinski definition) is 0. The first-order chi connectivity index (χ1) is 10.1. The first-order valence-corrected chi connectivity index (χ1v) is 7.27. The molecule has 0 atom stereocenters. The van der Waals surface area contributed by atoms with Crippen LogP contribution in [-0.2, 0) is 10.1 Å². The first-order valence-electron chi connectivity index (χ1n) is 6.15. The van der Waals surface area contributed by atoms with E-state index < -0.39 is 11.8 Å². The molecule has 108 valence electrons. The van der Waals surface area contributed by atoms with Crippen LogP contribution >= 0.6 is 15.9 Å². The van der Waals surface area contributed by atoms with Crippen molar-refractivity contribution >= 4 is 27.7 Å². The van der Waals surface area contributed by atoms with Gasteiger partial charge in [0.25, 0.3) is 0 Å². The summed E-state index contributed by atoms with van der Waals surface area (Å²) in [7, 11) is 1.29. The smallest absolute Gasteiger partial charge is 0.337 e. The van der Waals surface area contributed by atoms with E-state index in [-0.39, 0.29) is 11.1 Å². The van der Waals surface area contributed by atoms with E-state index in [9.17, 15) is 14.0 Å². The van der Waals surface area contributed by atoms with Crippen LogP contribution in [0.1, 0.15) is 31.8 Å². The number of benzene rings is 2. The third kappa shape index (κ3) is 3.19. The van der Waals surface area contributed by atoms with E-state index in [1.807, 2.05) is 0 Å². The fourth-order valence-electron chi connectivity index (χ4n) is 1.94. The highest BCUT2D eigenvalue weighted by molar-refractivity contribution is 9.08. The molecular weight excluding hydrogens is 339 g/mol. The van der Waals surface area contributed by atoms with Crippen LogP contribution in [0.3, 0.4) is 0 Å². The second-order valence-corrected chi connectivity index (χ2v) is 4.86. The minimum Gasteiger partial charge on any atom is -0.465 e. The zero-order chi connectivity index (χ0) is 15.4. The Hall–Kier alpha value is -2.01. The van der Waals surface area contributed by atoms with E-state index in [1.165, 1.54) is 43.5 Å². The maximum absolute atomic E-state index is 13.7. The number of alkyl halides is 1. The molecule has 5 heteroatoms. The molecule has 2 aromatic carbocycles. The van der Waals surface area contributed by atoms with Crippen LogP contribution in [0.2, 0.25) is 0 Å². The number of halogens is 2. The summed E-state index contributed by atoms with van der Waals surface area (Å²) in [6.45, 7) is 0. The van der Waals surface area contributed by atoms with Crippen molar-refractivity contribution < 1.29 is 18.7 Å². The molecule has 0 amide bonds. The second kappa shape index (κ2) is 6.63. The van der Waals surface area contributed by atoms with Gasteiger partial charge in [-0.3, -0.25) is 4.79 Å². The maximum Gasteiger partial charge on any atom is 0.337 e. The standard InChI is InChI=1S/C16H12BrFO3/c1-21-16(20)11-7-5-10(6-8-11)15(19)12-3-2-4-14(18)13(12)9-17/h2-8H,9H2,1H3. The van der Waals surface area contributed by atoms with Crippen molar-refractivity contribution in [1.82, 2.24) is 0 Å². The van der Waals surface area contributed by atoms with Crippen molar-refractivity contribution in [1.29, 1.82) is 0 Å². The highest BCUT2D eigenvalue weighted by atomic mass is 79.9. The number of hydrogen-bond acceptors (Lipinski definition) is 3. The van der Waals surface area contributed by atoms with Crippen LogP contribution in [-0.4, -0.2) is 18.9 Å². The molecule has 0 aliphatic heterocycles. The number of ketones is 1. The van der Waals surface area contributed by atoms with Crippen molar-refractivity contribution in [3.05, 3.63) is 70.5 Å². The topological polar surface area (TPSA) is 43.4 Å². The Labute approximate surface area is 129 Å². The number of methoxy groups -OCH3 is 1. The zero-order valence-electron chi connectivity index (χ0n) is 11.2. The van der Waals surface area contributed by atoms with Gasteiger partial charge in [-0.25, -0.2) is 9.18 Å². The van der Waals surface area contributed by atoms with Crippen molar-refractivity contribution in [3.8, 4) is 0 Å². The first kappa shape index (κ1) is 15.4. The third-order valence-electron chi connectivity index (χ3n) is 3.07. The molecular formula is C16H12BrFO3. The molecule has 0 aromatic heterocycles. The van der Waals surface area contributed by atoms with Crippen LogP contribution in [0.4, 0.5) is 4.39 Å². The van der Waals surface area contributed by atoms with Crippen LogP contribution in [0.15, 0.2) is 42.5 Å². The molecule has 2 aromatic rings. The highest BCUT2D eigenvalue weighted by Crippen LogP contribution is 2.20. The monoisotopic (exact) mass is 350 g/mol. The largest absolute Gasteiger partial charge is 0.465 e. The zero-order valence-corrected chi connectivity index (χ0v) is 12.8. The van der Waals surface area contributed by atoms with E-state index in [2.05, 4.69) is 20.7 Å². The Balaban J connectivity index is 2.37. The van der Waals surface area contributed by atoms with E-state index in [1.54, 1.807) is 6.07 Å². The third-order valence-corrected chi connectivity index (χ3v) is 3.63.